The van der Waals surface area contributed by atoms with E-state index in [1.54, 1.807) is 0 Å². The summed E-state index contributed by atoms with van der Waals surface area (Å²) < 4.78 is 31.5. The van der Waals surface area contributed by atoms with E-state index in [1.807, 2.05) is 17.5 Å². The van der Waals surface area contributed by atoms with E-state index in [1.165, 1.54) is 17.4 Å². The summed E-state index contributed by atoms with van der Waals surface area (Å²) in [6.07, 6.45) is 0. The molecule has 0 aliphatic rings. The van der Waals surface area contributed by atoms with Gasteiger partial charge in [-0.15, -0.1) is 11.3 Å². The molecule has 0 aliphatic heterocycles. The molecular formula is C14H8F2N2O2S. The first-order valence-electron chi connectivity index (χ1n) is 5.90. The van der Waals surface area contributed by atoms with Crippen LogP contribution in [-0.4, -0.2) is 11.1 Å². The minimum atomic E-state index is -0.730. The van der Waals surface area contributed by atoms with Crippen molar-refractivity contribution in [1.29, 1.82) is 0 Å². The van der Waals surface area contributed by atoms with Crippen LogP contribution in [0.25, 0.3) is 10.6 Å². The standard InChI is InChI=1S/C14H8F2N2O2S/c15-8-3-4-9(16)10(6-8)17-14(19)11-7-12(20-18-11)13-2-1-5-21-13/h1-7H,(H,17,19). The fourth-order valence-corrected chi connectivity index (χ4v) is 2.37. The van der Waals surface area contributed by atoms with Gasteiger partial charge in [-0.1, -0.05) is 11.2 Å². The highest BCUT2D eigenvalue weighted by Gasteiger charge is 2.16. The molecule has 0 spiro atoms. The Hall–Kier alpha value is -2.54. The van der Waals surface area contributed by atoms with Crippen LogP contribution in [0, 0.1) is 11.6 Å². The molecule has 4 nitrogen and oxygen atoms in total. The number of amides is 1. The molecule has 3 rings (SSSR count). The van der Waals surface area contributed by atoms with Crippen LogP contribution in [0.15, 0.2) is 46.3 Å². The number of nitrogens with one attached hydrogen (secondary N) is 1. The highest BCUT2D eigenvalue weighted by molar-refractivity contribution is 7.13. The van der Waals surface area contributed by atoms with Crippen molar-refractivity contribution in [2.45, 2.75) is 0 Å². The van der Waals surface area contributed by atoms with Crippen molar-refractivity contribution >= 4 is 22.9 Å². The van der Waals surface area contributed by atoms with E-state index in [0.717, 1.165) is 23.1 Å². The number of benzene rings is 1. The second-order valence-electron chi connectivity index (χ2n) is 4.13. The molecule has 21 heavy (non-hydrogen) atoms. The summed E-state index contributed by atoms with van der Waals surface area (Å²) in [6.45, 7) is 0. The number of halogens is 2. The van der Waals surface area contributed by atoms with E-state index >= 15 is 0 Å². The smallest absolute Gasteiger partial charge is 0.277 e. The second-order valence-corrected chi connectivity index (χ2v) is 5.08. The molecule has 3 aromatic rings. The van der Waals surface area contributed by atoms with Crippen molar-refractivity contribution in [2.75, 3.05) is 5.32 Å². The van der Waals surface area contributed by atoms with Crippen molar-refractivity contribution in [2.24, 2.45) is 0 Å². The maximum atomic E-state index is 13.5. The Bertz CT molecular complexity index is 784. The SMILES string of the molecule is O=C(Nc1cc(F)ccc1F)c1cc(-c2cccs2)on1. The fraction of sp³-hybridized carbons (Fsp3) is 0. The molecule has 1 aromatic carbocycles. The Morgan fingerprint density at radius 1 is 1.24 bits per heavy atom. The molecule has 0 aliphatic carbocycles. The Morgan fingerprint density at radius 2 is 2.10 bits per heavy atom. The van der Waals surface area contributed by atoms with Gasteiger partial charge in [-0.25, -0.2) is 8.78 Å². The number of thiophene rings is 1. The highest BCUT2D eigenvalue weighted by Crippen LogP contribution is 2.25. The highest BCUT2D eigenvalue weighted by atomic mass is 32.1. The lowest BCUT2D eigenvalue weighted by Gasteiger charge is -2.03. The average molecular weight is 306 g/mol. The predicted octanol–water partition coefficient (Wildman–Crippen LogP) is 3.93. The van der Waals surface area contributed by atoms with Gasteiger partial charge in [-0.2, -0.15) is 0 Å². The molecule has 0 radical (unpaired) electrons. The van der Waals surface area contributed by atoms with Gasteiger partial charge in [0.2, 0.25) is 0 Å². The van der Waals surface area contributed by atoms with Gasteiger partial charge >= 0.3 is 0 Å². The number of anilines is 1. The molecule has 2 heterocycles. The van der Waals surface area contributed by atoms with E-state index in [0.29, 0.717) is 5.76 Å². The molecule has 2 aromatic heterocycles. The largest absolute Gasteiger partial charge is 0.355 e. The van der Waals surface area contributed by atoms with Crippen molar-refractivity contribution in [3.05, 3.63) is 59.1 Å². The van der Waals surface area contributed by atoms with Crippen LogP contribution in [-0.2, 0) is 0 Å². The van der Waals surface area contributed by atoms with Gasteiger partial charge < -0.3 is 9.84 Å². The fourth-order valence-electron chi connectivity index (χ4n) is 1.70. The lowest BCUT2D eigenvalue weighted by atomic mass is 10.2. The average Bonchev–Trinajstić information content (AvgIpc) is 3.12. The van der Waals surface area contributed by atoms with Crippen molar-refractivity contribution in [1.82, 2.24) is 5.16 Å². The first-order valence-corrected chi connectivity index (χ1v) is 6.78. The van der Waals surface area contributed by atoms with Crippen LogP contribution in [0.1, 0.15) is 10.5 Å². The molecule has 0 unspecified atom stereocenters. The predicted molar refractivity (Wildman–Crippen MR) is 74.1 cm³/mol. The van der Waals surface area contributed by atoms with Gasteiger partial charge in [-0.3, -0.25) is 4.79 Å². The van der Waals surface area contributed by atoms with E-state index < -0.39 is 17.5 Å². The zero-order chi connectivity index (χ0) is 14.8. The first kappa shape index (κ1) is 13.4. The normalized spacial score (nSPS) is 10.6. The zero-order valence-electron chi connectivity index (χ0n) is 10.5. The molecular weight excluding hydrogens is 298 g/mol. The Balaban J connectivity index is 1.81. The van der Waals surface area contributed by atoms with Crippen LogP contribution in [0.5, 0.6) is 0 Å². The van der Waals surface area contributed by atoms with E-state index in [9.17, 15) is 13.6 Å². The van der Waals surface area contributed by atoms with Gasteiger partial charge in [0.15, 0.2) is 11.5 Å². The monoisotopic (exact) mass is 306 g/mol. The van der Waals surface area contributed by atoms with Gasteiger partial charge in [0.25, 0.3) is 5.91 Å². The summed E-state index contributed by atoms with van der Waals surface area (Å²) in [5, 5.41) is 7.74. The first-order chi connectivity index (χ1) is 10.1. The molecule has 0 saturated heterocycles. The molecule has 0 atom stereocenters. The molecule has 1 N–H and O–H groups in total. The zero-order valence-corrected chi connectivity index (χ0v) is 11.3. The number of nitrogens with zero attached hydrogens (tertiary/aromatic N) is 1. The molecule has 0 fully saturated rings. The maximum absolute atomic E-state index is 13.5. The van der Waals surface area contributed by atoms with Gasteiger partial charge in [0, 0.05) is 12.1 Å². The third-order valence-corrected chi connectivity index (χ3v) is 3.57. The third-order valence-electron chi connectivity index (χ3n) is 2.68. The topological polar surface area (TPSA) is 55.1 Å². The van der Waals surface area contributed by atoms with Gasteiger partial charge in [-0.05, 0) is 23.6 Å². The van der Waals surface area contributed by atoms with E-state index in [4.69, 9.17) is 4.52 Å². The van der Waals surface area contributed by atoms with Crippen LogP contribution in [0.4, 0.5) is 14.5 Å². The van der Waals surface area contributed by atoms with Crippen LogP contribution in [0.2, 0.25) is 0 Å². The maximum Gasteiger partial charge on any atom is 0.277 e. The Labute approximate surface area is 122 Å². The van der Waals surface area contributed by atoms with Crippen molar-refractivity contribution in [3.63, 3.8) is 0 Å². The lowest BCUT2D eigenvalue weighted by Crippen LogP contribution is -2.13. The molecule has 1 amide bonds. The number of aromatic nitrogens is 1. The quantitative estimate of drug-likeness (QED) is 0.797. The number of rotatable bonds is 3. The molecule has 0 bridgehead atoms. The van der Waals surface area contributed by atoms with Crippen LogP contribution < -0.4 is 5.32 Å². The third kappa shape index (κ3) is 2.82. The summed E-state index contributed by atoms with van der Waals surface area (Å²) in [6, 6.07) is 7.90. The molecule has 106 valence electrons. The number of hydrogen-bond acceptors (Lipinski definition) is 4. The van der Waals surface area contributed by atoms with Crippen molar-refractivity contribution < 1.29 is 18.1 Å². The number of carbonyl (C=O) groups is 1. The van der Waals surface area contributed by atoms with Crippen molar-refractivity contribution in [3.8, 4) is 10.6 Å². The number of hydrogen-bond donors (Lipinski definition) is 1. The Morgan fingerprint density at radius 3 is 2.86 bits per heavy atom. The minimum absolute atomic E-state index is 0.0120. The van der Waals surface area contributed by atoms with Crippen LogP contribution >= 0.6 is 11.3 Å². The summed E-state index contributed by atoms with van der Waals surface area (Å²) >= 11 is 1.43. The Kier molecular flexibility index (Phi) is 3.49. The van der Waals surface area contributed by atoms with Crippen LogP contribution in [0.3, 0.4) is 0 Å². The molecule has 7 heteroatoms. The van der Waals surface area contributed by atoms with Gasteiger partial charge in [0.1, 0.15) is 11.6 Å². The summed E-state index contributed by atoms with van der Waals surface area (Å²) in [7, 11) is 0. The minimum Gasteiger partial charge on any atom is -0.355 e. The van der Waals surface area contributed by atoms with Gasteiger partial charge in [0.05, 0.1) is 10.6 Å². The lowest BCUT2D eigenvalue weighted by molar-refractivity contribution is 0.101. The summed E-state index contributed by atoms with van der Waals surface area (Å²) in [5.41, 5.74) is -0.261. The second kappa shape index (κ2) is 5.45. The van der Waals surface area contributed by atoms with E-state index in [2.05, 4.69) is 10.5 Å². The van der Waals surface area contributed by atoms with E-state index in [-0.39, 0.29) is 11.4 Å². The molecule has 0 saturated carbocycles. The summed E-state index contributed by atoms with van der Waals surface area (Å²) in [5.74, 6) is -1.61. The number of carbonyl (C=O) groups excluding carboxylic acids is 1. The summed E-state index contributed by atoms with van der Waals surface area (Å²) in [4.78, 5) is 12.8.